The highest BCUT2D eigenvalue weighted by Gasteiger charge is 2.08. The molecule has 0 atom stereocenters. The molecule has 0 heterocycles. The summed E-state index contributed by atoms with van der Waals surface area (Å²) in [6.07, 6.45) is 0. The van der Waals surface area contributed by atoms with Crippen LogP contribution in [-0.2, 0) is 13.2 Å². The van der Waals surface area contributed by atoms with Crippen LogP contribution in [0.3, 0.4) is 0 Å². The number of hydrogen-bond donors (Lipinski definition) is 3. The summed E-state index contributed by atoms with van der Waals surface area (Å²) in [7, 11) is 0. The second-order valence-electron chi connectivity index (χ2n) is 4.32. The van der Waals surface area contributed by atoms with Gasteiger partial charge in [0.25, 0.3) is 5.91 Å². The van der Waals surface area contributed by atoms with E-state index in [2.05, 4.69) is 5.32 Å². The van der Waals surface area contributed by atoms with Gasteiger partial charge in [-0.15, -0.1) is 0 Å². The highest BCUT2D eigenvalue weighted by Crippen LogP contribution is 2.23. The van der Waals surface area contributed by atoms with Crippen molar-refractivity contribution in [1.29, 1.82) is 0 Å². The molecule has 4 nitrogen and oxygen atoms in total. The van der Waals surface area contributed by atoms with Gasteiger partial charge >= 0.3 is 0 Å². The van der Waals surface area contributed by atoms with Crippen LogP contribution in [0.1, 0.15) is 21.5 Å². The molecule has 20 heavy (non-hydrogen) atoms. The Morgan fingerprint density at radius 3 is 2.35 bits per heavy atom. The van der Waals surface area contributed by atoms with Crippen molar-refractivity contribution in [2.45, 2.75) is 13.2 Å². The number of benzene rings is 2. The number of aliphatic hydroxyl groups excluding tert-OH is 1. The molecule has 0 aliphatic carbocycles. The molecule has 0 saturated heterocycles. The molecule has 2 rings (SSSR count). The van der Waals surface area contributed by atoms with Gasteiger partial charge in [-0.1, -0.05) is 35.9 Å². The number of nitrogens with one attached hydrogen (secondary N) is 1. The van der Waals surface area contributed by atoms with Gasteiger partial charge < -0.3 is 15.5 Å². The number of aliphatic hydroxyl groups is 1. The maximum atomic E-state index is 11.9. The third-order valence-corrected chi connectivity index (χ3v) is 3.17. The monoisotopic (exact) mass is 291 g/mol. The predicted molar refractivity (Wildman–Crippen MR) is 76.7 cm³/mol. The van der Waals surface area contributed by atoms with Crippen molar-refractivity contribution in [1.82, 2.24) is 5.32 Å². The van der Waals surface area contributed by atoms with E-state index in [4.69, 9.17) is 16.7 Å². The minimum atomic E-state index is -0.266. The average Bonchev–Trinajstić information content (AvgIpc) is 2.48. The molecular weight excluding hydrogens is 278 g/mol. The number of carbonyl (C=O) groups excluding carboxylic acids is 1. The van der Waals surface area contributed by atoms with Gasteiger partial charge in [-0.3, -0.25) is 4.79 Å². The zero-order valence-corrected chi connectivity index (χ0v) is 11.4. The maximum Gasteiger partial charge on any atom is 0.251 e. The summed E-state index contributed by atoms with van der Waals surface area (Å²) in [5.74, 6) is -0.319. The van der Waals surface area contributed by atoms with Crippen LogP contribution in [0.4, 0.5) is 0 Å². The average molecular weight is 292 g/mol. The van der Waals surface area contributed by atoms with Crippen molar-refractivity contribution in [3.63, 3.8) is 0 Å². The molecule has 0 spiro atoms. The van der Waals surface area contributed by atoms with E-state index in [1.165, 1.54) is 18.2 Å². The van der Waals surface area contributed by atoms with Gasteiger partial charge in [-0.2, -0.15) is 0 Å². The van der Waals surface area contributed by atoms with E-state index in [-0.39, 0.29) is 23.3 Å². The lowest BCUT2D eigenvalue weighted by molar-refractivity contribution is 0.0951. The molecule has 0 aliphatic heterocycles. The maximum absolute atomic E-state index is 11.9. The van der Waals surface area contributed by atoms with Crippen molar-refractivity contribution in [2.75, 3.05) is 0 Å². The molecule has 1 amide bonds. The number of aromatic hydroxyl groups is 1. The molecule has 0 fully saturated rings. The van der Waals surface area contributed by atoms with Crippen LogP contribution < -0.4 is 5.32 Å². The lowest BCUT2D eigenvalue weighted by atomic mass is 10.1. The molecule has 0 radical (unpaired) electrons. The zero-order chi connectivity index (χ0) is 14.5. The minimum Gasteiger partial charge on any atom is -0.506 e. The Labute approximate surface area is 121 Å². The summed E-state index contributed by atoms with van der Waals surface area (Å²) >= 11 is 5.75. The zero-order valence-electron chi connectivity index (χ0n) is 10.6. The first-order chi connectivity index (χ1) is 9.60. The second kappa shape index (κ2) is 6.41. The molecule has 0 bridgehead atoms. The lowest BCUT2D eigenvalue weighted by Gasteiger charge is -2.07. The summed E-state index contributed by atoms with van der Waals surface area (Å²) in [6, 6.07) is 11.6. The summed E-state index contributed by atoms with van der Waals surface area (Å²) < 4.78 is 0. The highest BCUT2D eigenvalue weighted by atomic mass is 35.5. The molecule has 0 saturated carbocycles. The molecular formula is C15H14ClNO3. The van der Waals surface area contributed by atoms with Crippen molar-refractivity contribution in [2.24, 2.45) is 0 Å². The number of rotatable bonds is 4. The number of hydrogen-bond acceptors (Lipinski definition) is 3. The standard InChI is InChI=1S/C15H14ClNO3/c16-13-7-12(5-6-14(13)19)15(20)17-8-10-1-3-11(9-18)4-2-10/h1-7,18-19H,8-9H2,(H,17,20). The Hall–Kier alpha value is -2.04. The normalized spacial score (nSPS) is 10.3. The topological polar surface area (TPSA) is 69.6 Å². The summed E-state index contributed by atoms with van der Waals surface area (Å²) in [4.78, 5) is 11.9. The first kappa shape index (κ1) is 14.4. The smallest absolute Gasteiger partial charge is 0.251 e. The van der Waals surface area contributed by atoms with E-state index in [0.29, 0.717) is 12.1 Å². The third kappa shape index (κ3) is 3.50. The SMILES string of the molecule is O=C(NCc1ccc(CO)cc1)c1ccc(O)c(Cl)c1. The molecule has 2 aromatic rings. The minimum absolute atomic E-state index is 0.00134. The Kier molecular flexibility index (Phi) is 4.61. The molecule has 3 N–H and O–H groups in total. The molecule has 0 unspecified atom stereocenters. The summed E-state index contributed by atoms with van der Waals surface area (Å²) in [5.41, 5.74) is 2.14. The number of phenols is 1. The molecule has 2 aromatic carbocycles. The van der Waals surface area contributed by atoms with Crippen LogP contribution in [0.15, 0.2) is 42.5 Å². The van der Waals surface area contributed by atoms with E-state index in [9.17, 15) is 9.90 Å². The van der Waals surface area contributed by atoms with Gasteiger partial charge in [-0.25, -0.2) is 0 Å². The summed E-state index contributed by atoms with van der Waals surface area (Å²) in [5, 5.41) is 21.1. The first-order valence-electron chi connectivity index (χ1n) is 6.05. The lowest BCUT2D eigenvalue weighted by Crippen LogP contribution is -2.22. The Balaban J connectivity index is 1.98. The van der Waals surface area contributed by atoms with Crippen molar-refractivity contribution < 1.29 is 15.0 Å². The Morgan fingerprint density at radius 1 is 1.10 bits per heavy atom. The fraction of sp³-hybridized carbons (Fsp3) is 0.133. The van der Waals surface area contributed by atoms with Crippen LogP contribution in [0.5, 0.6) is 5.75 Å². The second-order valence-corrected chi connectivity index (χ2v) is 4.73. The Morgan fingerprint density at radius 2 is 1.75 bits per heavy atom. The fourth-order valence-corrected chi connectivity index (χ4v) is 1.88. The predicted octanol–water partition coefficient (Wildman–Crippen LogP) is 2.47. The van der Waals surface area contributed by atoms with E-state index in [0.717, 1.165) is 11.1 Å². The molecule has 104 valence electrons. The van der Waals surface area contributed by atoms with E-state index in [1.807, 2.05) is 12.1 Å². The van der Waals surface area contributed by atoms with Gasteiger partial charge in [0.05, 0.1) is 11.6 Å². The quantitative estimate of drug-likeness (QED) is 0.810. The molecule has 0 aliphatic rings. The Bertz CT molecular complexity index is 611. The van der Waals surface area contributed by atoms with Crippen LogP contribution >= 0.6 is 11.6 Å². The van der Waals surface area contributed by atoms with Gasteiger partial charge in [0.15, 0.2) is 0 Å². The van der Waals surface area contributed by atoms with Crippen LogP contribution in [0, 0.1) is 0 Å². The van der Waals surface area contributed by atoms with Gasteiger partial charge in [0.1, 0.15) is 5.75 Å². The van der Waals surface area contributed by atoms with Gasteiger partial charge in [-0.05, 0) is 29.3 Å². The number of phenolic OH excluding ortho intramolecular Hbond substituents is 1. The van der Waals surface area contributed by atoms with Crippen LogP contribution in [-0.4, -0.2) is 16.1 Å². The number of amides is 1. The number of halogens is 1. The number of carbonyl (C=O) groups is 1. The van der Waals surface area contributed by atoms with E-state index < -0.39 is 0 Å². The molecule has 5 heteroatoms. The van der Waals surface area contributed by atoms with Crippen molar-refractivity contribution in [3.8, 4) is 5.75 Å². The summed E-state index contributed by atoms with van der Waals surface area (Å²) in [6.45, 7) is 0.377. The van der Waals surface area contributed by atoms with Crippen molar-refractivity contribution in [3.05, 3.63) is 64.2 Å². The van der Waals surface area contributed by atoms with Crippen molar-refractivity contribution >= 4 is 17.5 Å². The van der Waals surface area contributed by atoms with Crippen LogP contribution in [0.25, 0.3) is 0 Å². The van der Waals surface area contributed by atoms with Crippen LogP contribution in [0.2, 0.25) is 5.02 Å². The third-order valence-electron chi connectivity index (χ3n) is 2.87. The first-order valence-corrected chi connectivity index (χ1v) is 6.43. The van der Waals surface area contributed by atoms with Gasteiger partial charge in [0.2, 0.25) is 0 Å². The van der Waals surface area contributed by atoms with E-state index >= 15 is 0 Å². The van der Waals surface area contributed by atoms with Gasteiger partial charge in [0, 0.05) is 12.1 Å². The fourth-order valence-electron chi connectivity index (χ4n) is 1.70. The molecule has 0 aromatic heterocycles. The highest BCUT2D eigenvalue weighted by molar-refractivity contribution is 6.32. The largest absolute Gasteiger partial charge is 0.506 e. The van der Waals surface area contributed by atoms with E-state index in [1.54, 1.807) is 12.1 Å².